The van der Waals surface area contributed by atoms with Gasteiger partial charge in [0.05, 0.1) is 0 Å². The average molecular weight is 479 g/mol. The van der Waals surface area contributed by atoms with Crippen LogP contribution in [0.3, 0.4) is 0 Å². The maximum Gasteiger partial charge on any atom is 0.407 e. The van der Waals surface area contributed by atoms with E-state index in [-0.39, 0.29) is 42.6 Å². The highest BCUT2D eigenvalue weighted by molar-refractivity contribution is 5.80. The van der Waals surface area contributed by atoms with Crippen LogP contribution < -0.4 is 10.6 Å². The van der Waals surface area contributed by atoms with E-state index in [2.05, 4.69) is 34.9 Å². The number of nitrogens with one attached hydrogen (secondary N) is 2. The van der Waals surface area contributed by atoms with Gasteiger partial charge in [-0.2, -0.15) is 0 Å². The quantitative estimate of drug-likeness (QED) is 0.464. The van der Waals surface area contributed by atoms with Crippen molar-refractivity contribution in [1.29, 1.82) is 0 Å². The highest BCUT2D eigenvalue weighted by Crippen LogP contribution is 2.44. The van der Waals surface area contributed by atoms with Crippen LogP contribution in [0.1, 0.15) is 56.1 Å². The minimum Gasteiger partial charge on any atom is -0.481 e. The SMILES string of the molecule is CC(CCC(=O)O)CNC(=O)[C@@H]1CCC[C@@H]1CNC(=O)OCC1c2ccccc2-c2ccccc21. The van der Waals surface area contributed by atoms with Crippen LogP contribution in [-0.4, -0.2) is 42.8 Å². The molecule has 7 nitrogen and oxygen atoms in total. The van der Waals surface area contributed by atoms with Crippen LogP contribution >= 0.6 is 0 Å². The Labute approximate surface area is 206 Å². The van der Waals surface area contributed by atoms with Gasteiger partial charge in [0.1, 0.15) is 6.61 Å². The largest absolute Gasteiger partial charge is 0.481 e. The number of carboxylic acid groups (broad SMARTS) is 1. The molecule has 2 aliphatic rings. The maximum absolute atomic E-state index is 12.7. The number of hydrogen-bond acceptors (Lipinski definition) is 4. The fourth-order valence-electron chi connectivity index (χ4n) is 5.37. The third-order valence-corrected chi connectivity index (χ3v) is 7.32. The van der Waals surface area contributed by atoms with Gasteiger partial charge in [-0.25, -0.2) is 4.79 Å². The summed E-state index contributed by atoms with van der Waals surface area (Å²) in [7, 11) is 0. The van der Waals surface area contributed by atoms with Gasteiger partial charge in [0.25, 0.3) is 0 Å². The van der Waals surface area contributed by atoms with Gasteiger partial charge < -0.3 is 20.5 Å². The first kappa shape index (κ1) is 24.8. The summed E-state index contributed by atoms with van der Waals surface area (Å²) in [6.45, 7) is 3.08. The zero-order valence-electron chi connectivity index (χ0n) is 20.2. The van der Waals surface area contributed by atoms with Crippen LogP contribution in [0.4, 0.5) is 4.79 Å². The molecule has 0 aromatic heterocycles. The molecule has 0 bridgehead atoms. The van der Waals surface area contributed by atoms with E-state index in [0.29, 0.717) is 19.5 Å². The molecule has 1 fully saturated rings. The van der Waals surface area contributed by atoms with E-state index in [1.165, 1.54) is 22.3 Å². The summed E-state index contributed by atoms with van der Waals surface area (Å²) in [4.78, 5) is 35.9. The van der Waals surface area contributed by atoms with Crippen molar-refractivity contribution in [3.05, 3.63) is 59.7 Å². The van der Waals surface area contributed by atoms with Crippen LogP contribution in [0.25, 0.3) is 11.1 Å². The third-order valence-electron chi connectivity index (χ3n) is 7.32. The molecule has 0 spiro atoms. The molecular weight excluding hydrogens is 444 g/mol. The summed E-state index contributed by atoms with van der Waals surface area (Å²) in [6, 6.07) is 16.5. The molecule has 0 heterocycles. The van der Waals surface area contributed by atoms with Crippen LogP contribution in [0, 0.1) is 17.8 Å². The molecule has 7 heteroatoms. The summed E-state index contributed by atoms with van der Waals surface area (Å²) in [5.41, 5.74) is 4.72. The number of rotatable bonds is 10. The van der Waals surface area contributed by atoms with Gasteiger partial charge in [-0.1, -0.05) is 61.9 Å². The molecular formula is C28H34N2O5. The lowest BCUT2D eigenvalue weighted by atomic mass is 9.94. The number of amides is 2. The Morgan fingerprint density at radius 1 is 1.00 bits per heavy atom. The van der Waals surface area contributed by atoms with E-state index < -0.39 is 12.1 Å². The molecule has 35 heavy (non-hydrogen) atoms. The molecule has 1 saturated carbocycles. The number of carbonyl (C=O) groups excluding carboxylic acids is 2. The first-order chi connectivity index (χ1) is 16.9. The topological polar surface area (TPSA) is 105 Å². The molecule has 3 N–H and O–H groups in total. The van der Waals surface area contributed by atoms with Crippen molar-refractivity contribution < 1.29 is 24.2 Å². The van der Waals surface area contributed by atoms with Crippen molar-refractivity contribution in [1.82, 2.24) is 10.6 Å². The molecule has 0 radical (unpaired) electrons. The second kappa shape index (κ2) is 11.4. The van der Waals surface area contributed by atoms with Gasteiger partial charge in [-0.3, -0.25) is 9.59 Å². The van der Waals surface area contributed by atoms with Crippen molar-refractivity contribution in [2.24, 2.45) is 17.8 Å². The number of carbonyl (C=O) groups is 3. The van der Waals surface area contributed by atoms with E-state index in [0.717, 1.165) is 19.3 Å². The second-order valence-corrected chi connectivity index (χ2v) is 9.79. The Hall–Kier alpha value is -3.35. The van der Waals surface area contributed by atoms with Crippen molar-refractivity contribution in [2.75, 3.05) is 19.7 Å². The zero-order chi connectivity index (χ0) is 24.8. The first-order valence-electron chi connectivity index (χ1n) is 12.5. The number of carboxylic acids is 1. The lowest BCUT2D eigenvalue weighted by Gasteiger charge is -2.21. The molecule has 4 rings (SSSR count). The average Bonchev–Trinajstić information content (AvgIpc) is 3.46. The molecule has 0 aliphatic heterocycles. The Bertz CT molecular complexity index is 1020. The minimum atomic E-state index is -0.821. The molecule has 3 atom stereocenters. The van der Waals surface area contributed by atoms with Crippen LogP contribution in [0.5, 0.6) is 0 Å². The smallest absolute Gasteiger partial charge is 0.407 e. The highest BCUT2D eigenvalue weighted by atomic mass is 16.5. The molecule has 2 aromatic carbocycles. The van der Waals surface area contributed by atoms with E-state index in [9.17, 15) is 14.4 Å². The molecule has 186 valence electrons. The van der Waals surface area contributed by atoms with Crippen LogP contribution in [0.2, 0.25) is 0 Å². The van der Waals surface area contributed by atoms with Gasteiger partial charge >= 0.3 is 12.1 Å². The maximum atomic E-state index is 12.7. The standard InChI is InChI=1S/C28H34N2O5/c1-18(13-14-26(31)32)15-29-27(33)20-12-6-7-19(20)16-30-28(34)35-17-25-23-10-4-2-8-21(23)22-9-3-5-11-24(22)25/h2-5,8-11,18-20,25H,6-7,12-17H2,1H3,(H,29,33)(H,30,34)(H,31,32)/t18?,19-,20-/m1/s1. The highest BCUT2D eigenvalue weighted by Gasteiger charge is 2.33. The van der Waals surface area contributed by atoms with E-state index in [1.54, 1.807) is 0 Å². The summed E-state index contributed by atoms with van der Waals surface area (Å²) in [5.74, 6) is -0.780. The Morgan fingerprint density at radius 3 is 2.31 bits per heavy atom. The van der Waals surface area contributed by atoms with Crippen molar-refractivity contribution >= 4 is 18.0 Å². The number of fused-ring (bicyclic) bond motifs is 3. The number of alkyl carbamates (subject to hydrolysis) is 1. The Morgan fingerprint density at radius 2 is 1.66 bits per heavy atom. The summed E-state index contributed by atoms with van der Waals surface area (Å²) >= 11 is 0. The molecule has 1 unspecified atom stereocenters. The predicted molar refractivity (Wildman–Crippen MR) is 133 cm³/mol. The van der Waals surface area contributed by atoms with Gasteiger partial charge in [-0.15, -0.1) is 0 Å². The summed E-state index contributed by atoms with van der Waals surface area (Å²) < 4.78 is 5.62. The normalized spacial score (nSPS) is 19.5. The third kappa shape index (κ3) is 6.02. The van der Waals surface area contributed by atoms with Crippen molar-refractivity contribution in [2.45, 2.75) is 44.9 Å². The number of benzene rings is 2. The monoisotopic (exact) mass is 478 g/mol. The fourth-order valence-corrected chi connectivity index (χ4v) is 5.37. The molecule has 0 saturated heterocycles. The first-order valence-corrected chi connectivity index (χ1v) is 12.5. The number of aliphatic carboxylic acids is 1. The van der Waals surface area contributed by atoms with E-state index in [1.807, 2.05) is 31.2 Å². The van der Waals surface area contributed by atoms with Gasteiger partial charge in [0.2, 0.25) is 5.91 Å². The Kier molecular flexibility index (Phi) is 8.06. The van der Waals surface area contributed by atoms with Gasteiger partial charge in [0.15, 0.2) is 0 Å². The predicted octanol–water partition coefficient (Wildman–Crippen LogP) is 4.56. The van der Waals surface area contributed by atoms with E-state index in [4.69, 9.17) is 9.84 Å². The van der Waals surface area contributed by atoms with Crippen molar-refractivity contribution in [3.63, 3.8) is 0 Å². The summed E-state index contributed by atoms with van der Waals surface area (Å²) in [6.07, 6.45) is 2.81. The lowest BCUT2D eigenvalue weighted by molar-refractivity contribution is -0.137. The number of ether oxygens (including phenoxy) is 1. The van der Waals surface area contributed by atoms with E-state index >= 15 is 0 Å². The minimum absolute atomic E-state index is 0.0102. The Balaban J connectivity index is 1.24. The second-order valence-electron chi connectivity index (χ2n) is 9.79. The molecule has 2 aromatic rings. The van der Waals surface area contributed by atoms with Crippen molar-refractivity contribution in [3.8, 4) is 11.1 Å². The molecule has 2 aliphatic carbocycles. The van der Waals surface area contributed by atoms with Gasteiger partial charge in [-0.05, 0) is 53.4 Å². The fraction of sp³-hybridized carbons (Fsp3) is 0.464. The zero-order valence-corrected chi connectivity index (χ0v) is 20.2. The lowest BCUT2D eigenvalue weighted by Crippen LogP contribution is -2.39. The molecule has 2 amide bonds. The van der Waals surface area contributed by atoms with Crippen LogP contribution in [-0.2, 0) is 14.3 Å². The van der Waals surface area contributed by atoms with Gasteiger partial charge in [0, 0.05) is 31.3 Å². The van der Waals surface area contributed by atoms with Crippen LogP contribution in [0.15, 0.2) is 48.5 Å². The number of hydrogen-bond donors (Lipinski definition) is 3. The summed E-state index contributed by atoms with van der Waals surface area (Å²) in [5, 5.41) is 14.6.